The summed E-state index contributed by atoms with van der Waals surface area (Å²) < 4.78 is 16.0. The van der Waals surface area contributed by atoms with Crippen LogP contribution in [0.3, 0.4) is 0 Å². The van der Waals surface area contributed by atoms with Crippen LogP contribution in [0, 0.1) is 0 Å². The molecule has 4 aromatic rings. The number of hydrogen-bond donors (Lipinski definition) is 1. The Kier molecular flexibility index (Phi) is 5.24. The molecule has 1 N–H and O–H groups in total. The maximum atomic E-state index is 9.86. The standard InChI is InChI=1S/C19H16N4O4S/c1-25-13-8-6-12(7-9-13)10-17-21-22-19(26-17)28-11-16-20-18(27-23-16)14-4-2-3-5-15(14)24/h2-9,24H,10-11H2,1H3. The number of aromatic hydroxyl groups is 1. The van der Waals surface area contributed by atoms with Crippen LogP contribution in [-0.2, 0) is 12.2 Å². The van der Waals surface area contributed by atoms with Gasteiger partial charge in [-0.1, -0.05) is 41.2 Å². The van der Waals surface area contributed by atoms with Gasteiger partial charge >= 0.3 is 0 Å². The molecule has 0 aliphatic heterocycles. The Hall–Kier alpha value is -3.33. The Morgan fingerprint density at radius 1 is 1.07 bits per heavy atom. The molecule has 0 aliphatic carbocycles. The Morgan fingerprint density at radius 3 is 2.68 bits per heavy atom. The van der Waals surface area contributed by atoms with Crippen LogP contribution in [0.5, 0.6) is 11.5 Å². The van der Waals surface area contributed by atoms with E-state index in [0.29, 0.717) is 34.7 Å². The third kappa shape index (κ3) is 4.15. The Morgan fingerprint density at radius 2 is 1.89 bits per heavy atom. The molecule has 0 unspecified atom stereocenters. The first-order valence-corrected chi connectivity index (χ1v) is 9.39. The largest absolute Gasteiger partial charge is 0.507 e. The smallest absolute Gasteiger partial charge is 0.277 e. The fourth-order valence-electron chi connectivity index (χ4n) is 2.49. The zero-order chi connectivity index (χ0) is 19.3. The molecule has 0 fully saturated rings. The van der Waals surface area contributed by atoms with Crippen LogP contribution < -0.4 is 4.74 Å². The van der Waals surface area contributed by atoms with Crippen LogP contribution in [0.25, 0.3) is 11.5 Å². The van der Waals surface area contributed by atoms with Crippen LogP contribution in [-0.4, -0.2) is 32.6 Å². The zero-order valence-electron chi connectivity index (χ0n) is 14.9. The van der Waals surface area contributed by atoms with Crippen molar-refractivity contribution < 1.29 is 18.8 Å². The van der Waals surface area contributed by atoms with E-state index >= 15 is 0 Å². The van der Waals surface area contributed by atoms with Crippen molar-refractivity contribution in [1.82, 2.24) is 20.3 Å². The van der Waals surface area contributed by atoms with Gasteiger partial charge in [0.2, 0.25) is 5.89 Å². The molecule has 0 aliphatic rings. The molecule has 28 heavy (non-hydrogen) atoms. The number of rotatable bonds is 7. The van der Waals surface area contributed by atoms with E-state index in [-0.39, 0.29) is 11.6 Å². The number of thioether (sulfide) groups is 1. The number of benzene rings is 2. The average molecular weight is 396 g/mol. The minimum atomic E-state index is 0.0884. The van der Waals surface area contributed by atoms with Crippen LogP contribution >= 0.6 is 11.8 Å². The van der Waals surface area contributed by atoms with Crippen molar-refractivity contribution in [2.24, 2.45) is 0 Å². The van der Waals surface area contributed by atoms with Crippen molar-refractivity contribution in [3.05, 3.63) is 65.8 Å². The highest BCUT2D eigenvalue weighted by atomic mass is 32.2. The summed E-state index contributed by atoms with van der Waals surface area (Å²) in [5, 5.41) is 22.3. The average Bonchev–Trinajstić information content (AvgIpc) is 3.37. The van der Waals surface area contributed by atoms with Gasteiger partial charge in [-0.25, -0.2) is 0 Å². The third-order valence-corrected chi connectivity index (χ3v) is 4.70. The van der Waals surface area contributed by atoms with Gasteiger partial charge in [-0.15, -0.1) is 10.2 Å². The van der Waals surface area contributed by atoms with E-state index in [1.807, 2.05) is 24.3 Å². The Labute approximate surface area is 164 Å². The van der Waals surface area contributed by atoms with E-state index in [1.165, 1.54) is 11.8 Å². The van der Waals surface area contributed by atoms with E-state index in [4.69, 9.17) is 13.7 Å². The lowest BCUT2D eigenvalue weighted by Gasteiger charge is -2.00. The summed E-state index contributed by atoms with van der Waals surface area (Å²) in [6, 6.07) is 14.5. The first-order chi connectivity index (χ1) is 13.7. The molecule has 0 saturated heterocycles. The van der Waals surface area contributed by atoms with Crippen molar-refractivity contribution in [3.8, 4) is 23.0 Å². The van der Waals surface area contributed by atoms with Gasteiger partial charge in [0.25, 0.3) is 11.1 Å². The molecule has 0 atom stereocenters. The summed E-state index contributed by atoms with van der Waals surface area (Å²) in [4.78, 5) is 4.29. The summed E-state index contributed by atoms with van der Waals surface area (Å²) in [6.45, 7) is 0. The lowest BCUT2D eigenvalue weighted by molar-refractivity contribution is 0.413. The summed E-state index contributed by atoms with van der Waals surface area (Å²) >= 11 is 1.32. The number of nitrogens with zero attached hydrogens (tertiary/aromatic N) is 4. The van der Waals surface area contributed by atoms with Gasteiger partial charge in [-0.3, -0.25) is 0 Å². The Balaban J connectivity index is 1.36. The van der Waals surface area contributed by atoms with E-state index in [1.54, 1.807) is 31.4 Å². The first kappa shape index (κ1) is 18.1. The SMILES string of the molecule is COc1ccc(Cc2nnc(SCc3noc(-c4ccccc4O)n3)o2)cc1. The number of methoxy groups -OCH3 is 1. The molecular formula is C19H16N4O4S. The highest BCUT2D eigenvalue weighted by Gasteiger charge is 2.14. The molecule has 4 rings (SSSR count). The van der Waals surface area contributed by atoms with Crippen LogP contribution in [0.4, 0.5) is 0 Å². The highest BCUT2D eigenvalue weighted by Crippen LogP contribution is 2.28. The first-order valence-electron chi connectivity index (χ1n) is 8.40. The monoisotopic (exact) mass is 396 g/mol. The van der Waals surface area contributed by atoms with Crippen molar-refractivity contribution >= 4 is 11.8 Å². The van der Waals surface area contributed by atoms with Gasteiger partial charge in [0, 0.05) is 0 Å². The quantitative estimate of drug-likeness (QED) is 0.468. The zero-order valence-corrected chi connectivity index (χ0v) is 15.7. The van der Waals surface area contributed by atoms with E-state index < -0.39 is 0 Å². The molecule has 142 valence electrons. The second-order valence-electron chi connectivity index (χ2n) is 5.81. The highest BCUT2D eigenvalue weighted by molar-refractivity contribution is 7.98. The molecule has 2 aromatic carbocycles. The van der Waals surface area contributed by atoms with Gasteiger partial charge in [0.1, 0.15) is 11.5 Å². The number of para-hydroxylation sites is 1. The van der Waals surface area contributed by atoms with Crippen LogP contribution in [0.2, 0.25) is 0 Å². The van der Waals surface area contributed by atoms with Gasteiger partial charge in [-0.2, -0.15) is 4.98 Å². The number of hydrogen-bond acceptors (Lipinski definition) is 9. The van der Waals surface area contributed by atoms with Crippen LogP contribution in [0.1, 0.15) is 17.3 Å². The number of phenols is 1. The second-order valence-corrected chi connectivity index (χ2v) is 6.73. The van der Waals surface area contributed by atoms with Gasteiger partial charge in [0.15, 0.2) is 5.82 Å². The number of ether oxygens (including phenoxy) is 1. The maximum absolute atomic E-state index is 9.86. The molecule has 0 saturated carbocycles. The van der Waals surface area contributed by atoms with Crippen molar-refractivity contribution in [2.75, 3.05) is 7.11 Å². The van der Waals surface area contributed by atoms with E-state index in [2.05, 4.69) is 20.3 Å². The van der Waals surface area contributed by atoms with E-state index in [0.717, 1.165) is 11.3 Å². The molecular weight excluding hydrogens is 380 g/mol. The molecule has 2 aromatic heterocycles. The fourth-order valence-corrected chi connectivity index (χ4v) is 3.11. The number of phenolic OH excluding ortho intramolecular Hbond substituents is 1. The normalized spacial score (nSPS) is 10.9. The Bertz CT molecular complexity index is 1060. The molecule has 2 heterocycles. The fraction of sp³-hybridized carbons (Fsp3) is 0.158. The van der Waals surface area contributed by atoms with E-state index in [9.17, 15) is 5.11 Å². The minimum Gasteiger partial charge on any atom is -0.507 e. The molecule has 0 spiro atoms. The molecule has 0 radical (unpaired) electrons. The van der Waals surface area contributed by atoms with Crippen molar-refractivity contribution in [3.63, 3.8) is 0 Å². The van der Waals surface area contributed by atoms with Gasteiger partial charge in [0.05, 0.1) is 24.8 Å². The topological polar surface area (TPSA) is 107 Å². The molecule has 0 bridgehead atoms. The lowest BCUT2D eigenvalue weighted by atomic mass is 10.1. The molecule has 8 nitrogen and oxygen atoms in total. The van der Waals surface area contributed by atoms with Gasteiger partial charge < -0.3 is 18.8 Å². The molecule has 0 amide bonds. The summed E-state index contributed by atoms with van der Waals surface area (Å²) in [5.74, 6) is 2.55. The summed E-state index contributed by atoms with van der Waals surface area (Å²) in [7, 11) is 1.63. The predicted octanol–water partition coefficient (Wildman–Crippen LogP) is 3.72. The second kappa shape index (κ2) is 8.13. The maximum Gasteiger partial charge on any atom is 0.277 e. The molecule has 9 heteroatoms. The van der Waals surface area contributed by atoms with Crippen molar-refractivity contribution in [2.45, 2.75) is 17.4 Å². The van der Waals surface area contributed by atoms with Gasteiger partial charge in [-0.05, 0) is 29.8 Å². The summed E-state index contributed by atoms with van der Waals surface area (Å²) in [5.41, 5.74) is 1.54. The third-order valence-electron chi connectivity index (χ3n) is 3.89. The van der Waals surface area contributed by atoms with Crippen molar-refractivity contribution in [1.29, 1.82) is 0 Å². The predicted molar refractivity (Wildman–Crippen MR) is 101 cm³/mol. The number of aromatic nitrogens is 4. The lowest BCUT2D eigenvalue weighted by Crippen LogP contribution is -1.89. The van der Waals surface area contributed by atoms with Crippen LogP contribution in [0.15, 0.2) is 62.7 Å². The summed E-state index contributed by atoms with van der Waals surface area (Å²) in [6.07, 6.45) is 0.539. The minimum absolute atomic E-state index is 0.0884.